The molecule has 25 heavy (non-hydrogen) atoms. The normalized spacial score (nSPS) is 34.1. The second kappa shape index (κ2) is 6.57. The highest BCUT2D eigenvalue weighted by Crippen LogP contribution is 2.43. The SMILES string of the molecule is COc1ccc(C#C[C@]2(O)[C@@H]([C@H](O)CO)O[C@@H]3OC(C)(C)O[C@@H]32)cc1. The van der Waals surface area contributed by atoms with Gasteiger partial charge in [0.15, 0.2) is 23.8 Å². The largest absolute Gasteiger partial charge is 0.497 e. The maximum Gasteiger partial charge on any atom is 0.191 e. The zero-order valence-electron chi connectivity index (χ0n) is 14.3. The van der Waals surface area contributed by atoms with Crippen molar-refractivity contribution in [2.24, 2.45) is 0 Å². The zero-order valence-corrected chi connectivity index (χ0v) is 14.3. The summed E-state index contributed by atoms with van der Waals surface area (Å²) in [5, 5.41) is 30.4. The van der Waals surface area contributed by atoms with Crippen LogP contribution in [-0.4, -0.2) is 65.0 Å². The van der Waals surface area contributed by atoms with Crippen LogP contribution in [0.3, 0.4) is 0 Å². The van der Waals surface area contributed by atoms with Gasteiger partial charge in [-0.05, 0) is 38.1 Å². The highest BCUT2D eigenvalue weighted by molar-refractivity contribution is 5.41. The molecular formula is C18H22O7. The Morgan fingerprint density at radius 2 is 1.92 bits per heavy atom. The molecular weight excluding hydrogens is 328 g/mol. The molecule has 0 aromatic heterocycles. The van der Waals surface area contributed by atoms with Gasteiger partial charge < -0.3 is 34.3 Å². The molecule has 5 atom stereocenters. The summed E-state index contributed by atoms with van der Waals surface area (Å²) < 4.78 is 22.0. The molecule has 2 fully saturated rings. The topological polar surface area (TPSA) is 97.6 Å². The number of hydrogen-bond donors (Lipinski definition) is 3. The van der Waals surface area contributed by atoms with Gasteiger partial charge in [-0.3, -0.25) is 0 Å². The Balaban J connectivity index is 1.92. The lowest BCUT2D eigenvalue weighted by atomic mass is 9.89. The lowest BCUT2D eigenvalue weighted by molar-refractivity contribution is -0.235. The molecule has 2 saturated heterocycles. The van der Waals surface area contributed by atoms with Crippen LogP contribution in [0.15, 0.2) is 24.3 Å². The summed E-state index contributed by atoms with van der Waals surface area (Å²) in [4.78, 5) is 0. The number of ether oxygens (including phenoxy) is 4. The maximum absolute atomic E-state index is 11.1. The van der Waals surface area contributed by atoms with E-state index < -0.39 is 42.6 Å². The maximum atomic E-state index is 11.1. The first-order valence-electron chi connectivity index (χ1n) is 7.99. The van der Waals surface area contributed by atoms with E-state index >= 15 is 0 Å². The van der Waals surface area contributed by atoms with Crippen molar-refractivity contribution in [3.63, 3.8) is 0 Å². The average molecular weight is 350 g/mol. The fourth-order valence-corrected chi connectivity index (χ4v) is 3.01. The van der Waals surface area contributed by atoms with Crippen molar-refractivity contribution in [1.29, 1.82) is 0 Å². The number of benzene rings is 1. The van der Waals surface area contributed by atoms with Gasteiger partial charge >= 0.3 is 0 Å². The first-order valence-corrected chi connectivity index (χ1v) is 7.99. The smallest absolute Gasteiger partial charge is 0.191 e. The van der Waals surface area contributed by atoms with Crippen LogP contribution in [0.2, 0.25) is 0 Å². The standard InChI is InChI=1S/C18H22O7/c1-17(2)24-15-16(25-17)23-14(13(20)10-19)18(15,21)9-8-11-4-6-12(22-3)7-5-11/h4-7,13-16,19-21H,10H2,1-3H3/t13-,14-,15+,16-,18+/m1/s1. The van der Waals surface area contributed by atoms with Gasteiger partial charge in [-0.15, -0.1) is 0 Å². The molecule has 2 heterocycles. The van der Waals surface area contributed by atoms with Gasteiger partial charge in [0.05, 0.1) is 13.7 Å². The number of rotatable bonds is 3. The molecule has 0 radical (unpaired) electrons. The summed E-state index contributed by atoms with van der Waals surface area (Å²) in [6, 6.07) is 6.99. The van der Waals surface area contributed by atoms with E-state index in [4.69, 9.17) is 18.9 Å². The lowest BCUT2D eigenvalue weighted by Crippen LogP contribution is -2.53. The predicted molar refractivity (Wildman–Crippen MR) is 86.6 cm³/mol. The second-order valence-corrected chi connectivity index (χ2v) is 6.53. The van der Waals surface area contributed by atoms with E-state index in [9.17, 15) is 15.3 Å². The van der Waals surface area contributed by atoms with Crippen LogP contribution >= 0.6 is 0 Å². The van der Waals surface area contributed by atoms with Crippen LogP contribution in [0.4, 0.5) is 0 Å². The summed E-state index contributed by atoms with van der Waals surface area (Å²) in [5.41, 5.74) is -1.19. The van der Waals surface area contributed by atoms with Crippen molar-refractivity contribution in [2.45, 2.75) is 49.8 Å². The number of aliphatic hydroxyl groups excluding tert-OH is 2. The third-order valence-electron chi connectivity index (χ3n) is 4.24. The quantitative estimate of drug-likeness (QED) is 0.661. The van der Waals surface area contributed by atoms with Crippen molar-refractivity contribution in [2.75, 3.05) is 13.7 Å². The molecule has 2 aliphatic rings. The van der Waals surface area contributed by atoms with Gasteiger partial charge in [-0.1, -0.05) is 11.8 Å². The third kappa shape index (κ3) is 3.37. The molecule has 2 aliphatic heterocycles. The molecule has 136 valence electrons. The van der Waals surface area contributed by atoms with Crippen molar-refractivity contribution < 1.29 is 34.3 Å². The Labute approximate surface area is 146 Å². The summed E-state index contributed by atoms with van der Waals surface area (Å²) >= 11 is 0. The van der Waals surface area contributed by atoms with E-state index in [0.717, 1.165) is 0 Å². The average Bonchev–Trinajstić information content (AvgIpc) is 3.04. The Bertz CT molecular complexity index is 675. The van der Waals surface area contributed by atoms with Crippen molar-refractivity contribution in [3.8, 4) is 17.6 Å². The Kier molecular flexibility index (Phi) is 4.77. The van der Waals surface area contributed by atoms with E-state index in [1.165, 1.54) is 0 Å². The van der Waals surface area contributed by atoms with E-state index in [2.05, 4.69) is 11.8 Å². The van der Waals surface area contributed by atoms with Gasteiger partial charge in [-0.25, -0.2) is 0 Å². The van der Waals surface area contributed by atoms with Crippen LogP contribution in [-0.2, 0) is 14.2 Å². The molecule has 3 rings (SSSR count). The molecule has 0 spiro atoms. The molecule has 0 bridgehead atoms. The van der Waals surface area contributed by atoms with Crippen molar-refractivity contribution >= 4 is 0 Å². The fourth-order valence-electron chi connectivity index (χ4n) is 3.01. The van der Waals surface area contributed by atoms with E-state index in [-0.39, 0.29) is 0 Å². The molecule has 1 aromatic rings. The Hall–Kier alpha value is -1.66. The van der Waals surface area contributed by atoms with Crippen molar-refractivity contribution in [3.05, 3.63) is 29.8 Å². The van der Waals surface area contributed by atoms with Gasteiger partial charge in [-0.2, -0.15) is 0 Å². The summed E-state index contributed by atoms with van der Waals surface area (Å²) in [5.74, 6) is 5.36. The minimum absolute atomic E-state index is 0.583. The van der Waals surface area contributed by atoms with E-state index in [1.807, 2.05) is 0 Å². The van der Waals surface area contributed by atoms with E-state index in [0.29, 0.717) is 11.3 Å². The Morgan fingerprint density at radius 3 is 2.52 bits per heavy atom. The van der Waals surface area contributed by atoms with Crippen LogP contribution in [0.25, 0.3) is 0 Å². The van der Waals surface area contributed by atoms with Gasteiger partial charge in [0.25, 0.3) is 0 Å². The highest BCUT2D eigenvalue weighted by Gasteiger charge is 2.64. The minimum atomic E-state index is -1.83. The lowest BCUT2D eigenvalue weighted by Gasteiger charge is -2.31. The molecule has 7 heteroatoms. The number of aliphatic hydroxyl groups is 3. The van der Waals surface area contributed by atoms with Crippen LogP contribution < -0.4 is 4.74 Å². The molecule has 3 N–H and O–H groups in total. The summed E-state index contributed by atoms with van der Waals surface area (Å²) in [7, 11) is 1.57. The summed E-state index contributed by atoms with van der Waals surface area (Å²) in [6.07, 6.45) is -4.26. The van der Waals surface area contributed by atoms with E-state index in [1.54, 1.807) is 45.2 Å². The highest BCUT2D eigenvalue weighted by atomic mass is 16.8. The number of fused-ring (bicyclic) bond motifs is 1. The molecule has 0 unspecified atom stereocenters. The monoisotopic (exact) mass is 350 g/mol. The minimum Gasteiger partial charge on any atom is -0.497 e. The molecule has 0 saturated carbocycles. The fraction of sp³-hybridized carbons (Fsp3) is 0.556. The Morgan fingerprint density at radius 1 is 1.24 bits per heavy atom. The summed E-state index contributed by atoms with van der Waals surface area (Å²) in [6.45, 7) is 2.81. The third-order valence-corrected chi connectivity index (χ3v) is 4.24. The van der Waals surface area contributed by atoms with Crippen LogP contribution in [0.5, 0.6) is 5.75 Å². The molecule has 0 amide bonds. The number of methoxy groups -OCH3 is 1. The first kappa shape index (κ1) is 18.1. The van der Waals surface area contributed by atoms with Gasteiger partial charge in [0.1, 0.15) is 18.0 Å². The molecule has 1 aromatic carbocycles. The predicted octanol–water partition coefficient (Wildman–Crippen LogP) is 0.00740. The molecule has 0 aliphatic carbocycles. The van der Waals surface area contributed by atoms with Gasteiger partial charge in [0, 0.05) is 5.56 Å². The van der Waals surface area contributed by atoms with Crippen molar-refractivity contribution in [1.82, 2.24) is 0 Å². The van der Waals surface area contributed by atoms with Crippen LogP contribution in [0.1, 0.15) is 19.4 Å². The first-order chi connectivity index (χ1) is 11.8. The van der Waals surface area contributed by atoms with Gasteiger partial charge in [0.2, 0.25) is 0 Å². The van der Waals surface area contributed by atoms with Crippen LogP contribution in [0, 0.1) is 11.8 Å². The molecule has 7 nitrogen and oxygen atoms in total. The second-order valence-electron chi connectivity index (χ2n) is 6.53. The number of hydrogen-bond acceptors (Lipinski definition) is 7. The zero-order chi connectivity index (χ0) is 18.2.